The topological polar surface area (TPSA) is 42.4 Å². The van der Waals surface area contributed by atoms with Gasteiger partial charge in [0.15, 0.2) is 0 Å². The first-order valence-corrected chi connectivity index (χ1v) is 6.74. The number of ether oxygens (including phenoxy) is 1. The molecule has 0 saturated carbocycles. The van der Waals surface area contributed by atoms with Crippen molar-refractivity contribution in [1.82, 2.24) is 4.98 Å². The smallest absolute Gasteiger partial charge is 0.0860 e. The van der Waals surface area contributed by atoms with Crippen molar-refractivity contribution in [1.29, 1.82) is 0 Å². The van der Waals surface area contributed by atoms with Crippen LogP contribution in [0.2, 0.25) is 0 Å². The molecule has 0 saturated heterocycles. The zero-order valence-corrected chi connectivity index (χ0v) is 12.1. The molecule has 1 N–H and O–H groups in total. The number of pyridine rings is 1. The highest BCUT2D eigenvalue weighted by Crippen LogP contribution is 2.15. The molecule has 96 valence electrons. The predicted molar refractivity (Wildman–Crippen MR) is 71.9 cm³/mol. The van der Waals surface area contributed by atoms with E-state index in [1.165, 1.54) is 0 Å². The molecule has 1 aromatic heterocycles. The van der Waals surface area contributed by atoms with Gasteiger partial charge in [-0.2, -0.15) is 0 Å². The Morgan fingerprint density at radius 1 is 1.41 bits per heavy atom. The van der Waals surface area contributed by atoms with Gasteiger partial charge >= 0.3 is 0 Å². The molecule has 1 heterocycles. The maximum absolute atomic E-state index is 10.2. The van der Waals surface area contributed by atoms with E-state index < -0.39 is 6.10 Å². The van der Waals surface area contributed by atoms with Gasteiger partial charge in [0.05, 0.1) is 12.2 Å². The van der Waals surface area contributed by atoms with Gasteiger partial charge in [0, 0.05) is 29.4 Å². The van der Waals surface area contributed by atoms with Gasteiger partial charge < -0.3 is 9.84 Å². The van der Waals surface area contributed by atoms with Crippen LogP contribution in [0.25, 0.3) is 0 Å². The number of halogens is 1. The Kier molecular flexibility index (Phi) is 6.09. The molecule has 1 rings (SSSR count). The maximum atomic E-state index is 10.2. The summed E-state index contributed by atoms with van der Waals surface area (Å²) in [7, 11) is 0. The van der Waals surface area contributed by atoms with E-state index in [-0.39, 0.29) is 6.10 Å². The standard InChI is InChI=1S/C13H20BrNO2/c1-4-17-13(9(2)3)12(16)7-11-6-5-10(14)8-15-11/h5-6,8-9,12-13,16H,4,7H2,1-3H3. The molecule has 2 unspecified atom stereocenters. The lowest BCUT2D eigenvalue weighted by Gasteiger charge is -2.26. The maximum Gasteiger partial charge on any atom is 0.0860 e. The lowest BCUT2D eigenvalue weighted by molar-refractivity contribution is -0.0565. The van der Waals surface area contributed by atoms with Gasteiger partial charge in [0.25, 0.3) is 0 Å². The van der Waals surface area contributed by atoms with Crippen molar-refractivity contribution in [2.24, 2.45) is 5.92 Å². The summed E-state index contributed by atoms with van der Waals surface area (Å²) in [5.74, 6) is 0.292. The predicted octanol–water partition coefficient (Wildman–Crippen LogP) is 2.81. The Labute approximate surface area is 111 Å². The molecule has 0 aliphatic rings. The van der Waals surface area contributed by atoms with Crippen LogP contribution in [-0.2, 0) is 11.2 Å². The molecule has 0 spiro atoms. The number of aromatic nitrogens is 1. The third-order valence-corrected chi connectivity index (χ3v) is 3.07. The minimum absolute atomic E-state index is 0.134. The van der Waals surface area contributed by atoms with Gasteiger partial charge in [-0.3, -0.25) is 4.98 Å². The summed E-state index contributed by atoms with van der Waals surface area (Å²) >= 11 is 3.34. The van der Waals surface area contributed by atoms with E-state index in [2.05, 4.69) is 34.8 Å². The third-order valence-electron chi connectivity index (χ3n) is 2.60. The molecular weight excluding hydrogens is 282 g/mol. The molecule has 0 bridgehead atoms. The van der Waals surface area contributed by atoms with Crippen molar-refractivity contribution in [2.75, 3.05) is 6.61 Å². The Morgan fingerprint density at radius 3 is 2.59 bits per heavy atom. The molecule has 0 aliphatic heterocycles. The second kappa shape index (κ2) is 7.09. The molecule has 17 heavy (non-hydrogen) atoms. The van der Waals surface area contributed by atoms with Crippen molar-refractivity contribution < 1.29 is 9.84 Å². The average Bonchev–Trinajstić information content (AvgIpc) is 2.28. The van der Waals surface area contributed by atoms with E-state index >= 15 is 0 Å². The van der Waals surface area contributed by atoms with Gasteiger partial charge in [0.2, 0.25) is 0 Å². The molecule has 1 aromatic rings. The third kappa shape index (κ3) is 4.74. The minimum atomic E-state index is -0.511. The summed E-state index contributed by atoms with van der Waals surface area (Å²) in [4.78, 5) is 4.26. The fourth-order valence-electron chi connectivity index (χ4n) is 1.80. The van der Waals surface area contributed by atoms with Crippen molar-refractivity contribution >= 4 is 15.9 Å². The van der Waals surface area contributed by atoms with Crippen molar-refractivity contribution in [3.05, 3.63) is 28.5 Å². The molecule has 3 nitrogen and oxygen atoms in total. The van der Waals surface area contributed by atoms with Crippen LogP contribution < -0.4 is 0 Å². The summed E-state index contributed by atoms with van der Waals surface area (Å²) in [6.07, 6.45) is 1.62. The lowest BCUT2D eigenvalue weighted by atomic mass is 9.98. The molecule has 0 amide bonds. The highest BCUT2D eigenvalue weighted by atomic mass is 79.9. The fraction of sp³-hybridized carbons (Fsp3) is 0.615. The number of hydrogen-bond donors (Lipinski definition) is 1. The van der Waals surface area contributed by atoms with Crippen LogP contribution in [0.3, 0.4) is 0 Å². The fourth-order valence-corrected chi connectivity index (χ4v) is 2.03. The van der Waals surface area contributed by atoms with Gasteiger partial charge in [-0.15, -0.1) is 0 Å². The first-order valence-electron chi connectivity index (χ1n) is 5.94. The summed E-state index contributed by atoms with van der Waals surface area (Å²) in [5, 5.41) is 10.2. The Hall–Kier alpha value is -0.450. The largest absolute Gasteiger partial charge is 0.390 e. The van der Waals surface area contributed by atoms with Crippen LogP contribution in [0.4, 0.5) is 0 Å². The van der Waals surface area contributed by atoms with Gasteiger partial charge in [0.1, 0.15) is 0 Å². The van der Waals surface area contributed by atoms with Gasteiger partial charge in [-0.1, -0.05) is 13.8 Å². The van der Waals surface area contributed by atoms with E-state index in [0.717, 1.165) is 10.2 Å². The number of nitrogens with zero attached hydrogens (tertiary/aromatic N) is 1. The molecule has 2 atom stereocenters. The second-order valence-corrected chi connectivity index (χ2v) is 5.32. The van der Waals surface area contributed by atoms with Crippen LogP contribution in [-0.4, -0.2) is 28.9 Å². The van der Waals surface area contributed by atoms with Crippen molar-refractivity contribution in [2.45, 2.75) is 39.4 Å². The lowest BCUT2D eigenvalue weighted by Crippen LogP contribution is -2.35. The van der Waals surface area contributed by atoms with Crippen LogP contribution in [0, 0.1) is 5.92 Å². The first kappa shape index (κ1) is 14.6. The number of rotatable bonds is 6. The van der Waals surface area contributed by atoms with E-state index in [1.54, 1.807) is 6.20 Å². The molecule has 0 radical (unpaired) electrons. The van der Waals surface area contributed by atoms with Crippen molar-refractivity contribution in [3.63, 3.8) is 0 Å². The van der Waals surface area contributed by atoms with E-state index in [9.17, 15) is 5.11 Å². The summed E-state index contributed by atoms with van der Waals surface area (Å²) in [6.45, 7) is 6.67. The summed E-state index contributed by atoms with van der Waals surface area (Å²) in [5.41, 5.74) is 0.881. The number of aliphatic hydroxyl groups excluding tert-OH is 1. The highest BCUT2D eigenvalue weighted by molar-refractivity contribution is 9.10. The Morgan fingerprint density at radius 2 is 2.12 bits per heavy atom. The van der Waals surface area contributed by atoms with E-state index in [4.69, 9.17) is 4.74 Å². The molecule has 0 aromatic carbocycles. The normalized spacial score (nSPS) is 14.9. The monoisotopic (exact) mass is 301 g/mol. The number of hydrogen-bond acceptors (Lipinski definition) is 3. The van der Waals surface area contributed by atoms with Crippen LogP contribution in [0.15, 0.2) is 22.8 Å². The van der Waals surface area contributed by atoms with Crippen LogP contribution >= 0.6 is 15.9 Å². The zero-order chi connectivity index (χ0) is 12.8. The first-order chi connectivity index (χ1) is 8.04. The average molecular weight is 302 g/mol. The molecule has 4 heteroatoms. The highest BCUT2D eigenvalue weighted by Gasteiger charge is 2.23. The molecule has 0 aliphatic carbocycles. The van der Waals surface area contributed by atoms with Crippen LogP contribution in [0.5, 0.6) is 0 Å². The summed E-state index contributed by atoms with van der Waals surface area (Å²) < 4.78 is 6.52. The number of aliphatic hydroxyl groups is 1. The van der Waals surface area contributed by atoms with E-state index in [0.29, 0.717) is 18.9 Å². The minimum Gasteiger partial charge on any atom is -0.390 e. The summed E-state index contributed by atoms with van der Waals surface area (Å²) in [6, 6.07) is 3.84. The van der Waals surface area contributed by atoms with Crippen LogP contribution in [0.1, 0.15) is 26.5 Å². The van der Waals surface area contributed by atoms with Crippen molar-refractivity contribution in [3.8, 4) is 0 Å². The molecule has 0 fully saturated rings. The second-order valence-electron chi connectivity index (χ2n) is 4.40. The van der Waals surface area contributed by atoms with Gasteiger partial charge in [-0.25, -0.2) is 0 Å². The Balaban J connectivity index is 2.62. The quantitative estimate of drug-likeness (QED) is 0.878. The zero-order valence-electron chi connectivity index (χ0n) is 10.6. The van der Waals surface area contributed by atoms with E-state index in [1.807, 2.05) is 19.1 Å². The van der Waals surface area contributed by atoms with Gasteiger partial charge in [-0.05, 0) is 40.9 Å². The molecular formula is C13H20BrNO2. The SMILES string of the molecule is CCOC(C(C)C)C(O)Cc1ccc(Br)cn1. The Bertz CT molecular complexity index is 327.